The summed E-state index contributed by atoms with van der Waals surface area (Å²) >= 11 is 7.28. The van der Waals surface area contributed by atoms with E-state index in [9.17, 15) is 0 Å². The molecule has 0 unspecified atom stereocenters. The highest BCUT2D eigenvalue weighted by Crippen LogP contribution is 2.27. The average Bonchev–Trinajstić information content (AvgIpc) is 2.83. The number of allylic oxidation sites excluding steroid dienone is 1. The van der Waals surface area contributed by atoms with Crippen LogP contribution in [0, 0.1) is 11.3 Å². The number of hydrogen-bond donors (Lipinski definition) is 0. The first-order chi connectivity index (χ1) is 9.65. The molecule has 1 heterocycles. The molecule has 1 aromatic heterocycles. The lowest BCUT2D eigenvalue weighted by molar-refractivity contribution is 0.730. The number of rotatable bonds is 5. The Labute approximate surface area is 127 Å². The zero-order valence-electron chi connectivity index (χ0n) is 11.0. The second-order valence-electron chi connectivity index (χ2n) is 4.10. The summed E-state index contributed by atoms with van der Waals surface area (Å²) in [5.74, 6) is 0.745. The second-order valence-corrected chi connectivity index (χ2v) is 5.85. The van der Waals surface area contributed by atoms with E-state index >= 15 is 0 Å². The molecule has 0 saturated carbocycles. The first-order valence-corrected chi connectivity index (χ1v) is 7.27. The molecule has 2 aromatic rings. The summed E-state index contributed by atoms with van der Waals surface area (Å²) in [5.41, 5.74) is 0.931. The molecule has 0 bridgehead atoms. The summed E-state index contributed by atoms with van der Waals surface area (Å²) < 4.78 is 1.94. The van der Waals surface area contributed by atoms with Crippen molar-refractivity contribution < 1.29 is 0 Å². The van der Waals surface area contributed by atoms with E-state index < -0.39 is 0 Å². The molecule has 0 fully saturated rings. The van der Waals surface area contributed by atoms with Gasteiger partial charge in [-0.05, 0) is 31.2 Å². The van der Waals surface area contributed by atoms with Gasteiger partial charge in [-0.2, -0.15) is 5.26 Å². The SMILES string of the molecule is C=CCn1c(S[C@H](C)C#N)nnc1-c1ccc(Cl)cc1. The molecular formula is C14H13ClN4S. The third-order valence-electron chi connectivity index (χ3n) is 2.59. The van der Waals surface area contributed by atoms with Crippen molar-refractivity contribution in [2.45, 2.75) is 23.9 Å². The van der Waals surface area contributed by atoms with Crippen molar-refractivity contribution in [2.75, 3.05) is 0 Å². The van der Waals surface area contributed by atoms with Crippen molar-refractivity contribution in [3.05, 3.63) is 41.9 Å². The average molecular weight is 305 g/mol. The lowest BCUT2D eigenvalue weighted by atomic mass is 10.2. The predicted octanol–water partition coefficient (Wildman–Crippen LogP) is 3.79. The Hall–Kier alpha value is -1.77. The molecule has 0 radical (unpaired) electrons. The van der Waals surface area contributed by atoms with Crippen LogP contribution in [0.2, 0.25) is 5.02 Å². The van der Waals surface area contributed by atoms with Crippen LogP contribution in [0.1, 0.15) is 6.92 Å². The van der Waals surface area contributed by atoms with Crippen LogP contribution in [0.5, 0.6) is 0 Å². The normalized spacial score (nSPS) is 11.8. The Morgan fingerprint density at radius 3 is 2.75 bits per heavy atom. The number of nitriles is 1. The Kier molecular flexibility index (Phi) is 4.83. The van der Waals surface area contributed by atoms with Crippen LogP contribution in [0.25, 0.3) is 11.4 Å². The Morgan fingerprint density at radius 2 is 2.15 bits per heavy atom. The standard InChI is InChI=1S/C14H13ClN4S/c1-3-8-19-13(11-4-6-12(15)7-5-11)17-18-14(19)20-10(2)9-16/h3-7,10H,1,8H2,2H3/t10-/m1/s1. The van der Waals surface area contributed by atoms with Gasteiger partial charge in [0.05, 0.1) is 11.3 Å². The number of benzene rings is 1. The van der Waals surface area contributed by atoms with Crippen molar-refractivity contribution in [2.24, 2.45) is 0 Å². The molecule has 0 saturated heterocycles. The zero-order valence-corrected chi connectivity index (χ0v) is 12.5. The number of halogens is 1. The molecule has 0 N–H and O–H groups in total. The van der Waals surface area contributed by atoms with Crippen molar-refractivity contribution in [3.63, 3.8) is 0 Å². The maximum Gasteiger partial charge on any atom is 0.193 e. The fourth-order valence-corrected chi connectivity index (χ4v) is 2.54. The minimum Gasteiger partial charge on any atom is -0.298 e. The van der Waals surface area contributed by atoms with E-state index in [0.717, 1.165) is 11.4 Å². The van der Waals surface area contributed by atoms with Gasteiger partial charge in [0.15, 0.2) is 11.0 Å². The van der Waals surface area contributed by atoms with Crippen LogP contribution in [0.15, 0.2) is 42.1 Å². The quantitative estimate of drug-likeness (QED) is 0.623. The maximum atomic E-state index is 8.91. The van der Waals surface area contributed by atoms with Gasteiger partial charge < -0.3 is 0 Å². The fraction of sp³-hybridized carbons (Fsp3) is 0.214. The van der Waals surface area contributed by atoms with Crippen LogP contribution in [0.4, 0.5) is 0 Å². The molecule has 1 atom stereocenters. The summed E-state index contributed by atoms with van der Waals surface area (Å²) in [6.07, 6.45) is 1.78. The molecule has 6 heteroatoms. The molecule has 0 amide bonds. The third-order valence-corrected chi connectivity index (χ3v) is 3.82. The van der Waals surface area contributed by atoms with Crippen LogP contribution in [-0.4, -0.2) is 20.0 Å². The van der Waals surface area contributed by atoms with Crippen LogP contribution < -0.4 is 0 Å². The van der Waals surface area contributed by atoms with Crippen molar-refractivity contribution in [1.29, 1.82) is 5.26 Å². The van der Waals surface area contributed by atoms with Crippen LogP contribution in [0.3, 0.4) is 0 Å². The summed E-state index contributed by atoms with van der Waals surface area (Å²) in [4.78, 5) is 0. The smallest absolute Gasteiger partial charge is 0.193 e. The molecule has 4 nitrogen and oxygen atoms in total. The monoisotopic (exact) mass is 304 g/mol. The van der Waals surface area contributed by atoms with E-state index in [-0.39, 0.29) is 5.25 Å². The van der Waals surface area contributed by atoms with Gasteiger partial charge in [-0.15, -0.1) is 16.8 Å². The van der Waals surface area contributed by atoms with Crippen molar-refractivity contribution in [1.82, 2.24) is 14.8 Å². The zero-order chi connectivity index (χ0) is 14.5. The van der Waals surface area contributed by atoms with E-state index in [2.05, 4.69) is 22.8 Å². The minimum absolute atomic E-state index is 0.180. The third kappa shape index (κ3) is 3.21. The molecule has 0 aliphatic heterocycles. The lowest BCUT2D eigenvalue weighted by Gasteiger charge is -2.08. The summed E-state index contributed by atoms with van der Waals surface area (Å²) in [6, 6.07) is 9.60. The number of nitrogens with zero attached hydrogens (tertiary/aromatic N) is 4. The topological polar surface area (TPSA) is 54.5 Å². The molecular weight excluding hydrogens is 292 g/mol. The first-order valence-electron chi connectivity index (χ1n) is 6.02. The van der Waals surface area contributed by atoms with E-state index in [1.165, 1.54) is 11.8 Å². The van der Waals surface area contributed by atoms with Gasteiger partial charge in [-0.25, -0.2) is 0 Å². The Bertz CT molecular complexity index is 642. The highest BCUT2D eigenvalue weighted by molar-refractivity contribution is 8.00. The Morgan fingerprint density at radius 1 is 1.45 bits per heavy atom. The highest BCUT2D eigenvalue weighted by Gasteiger charge is 2.15. The molecule has 1 aromatic carbocycles. The van der Waals surface area contributed by atoms with Gasteiger partial charge in [0.25, 0.3) is 0 Å². The van der Waals surface area contributed by atoms with Gasteiger partial charge in [0.2, 0.25) is 0 Å². The highest BCUT2D eigenvalue weighted by atomic mass is 35.5. The van der Waals surface area contributed by atoms with E-state index in [4.69, 9.17) is 16.9 Å². The maximum absolute atomic E-state index is 8.91. The number of hydrogen-bond acceptors (Lipinski definition) is 4. The molecule has 2 rings (SSSR count). The molecule has 0 aliphatic rings. The van der Waals surface area contributed by atoms with Crippen molar-refractivity contribution >= 4 is 23.4 Å². The van der Waals surface area contributed by atoms with Gasteiger partial charge >= 0.3 is 0 Å². The van der Waals surface area contributed by atoms with E-state index in [1.54, 1.807) is 6.08 Å². The van der Waals surface area contributed by atoms with E-state index in [0.29, 0.717) is 16.7 Å². The molecule has 0 aliphatic carbocycles. The molecule has 0 spiro atoms. The summed E-state index contributed by atoms with van der Waals surface area (Å²) in [7, 11) is 0. The second kappa shape index (κ2) is 6.60. The van der Waals surface area contributed by atoms with Crippen LogP contribution in [-0.2, 0) is 6.54 Å². The fourth-order valence-electron chi connectivity index (χ4n) is 1.67. The van der Waals surface area contributed by atoms with Gasteiger partial charge in [0.1, 0.15) is 0 Å². The molecule has 102 valence electrons. The number of aromatic nitrogens is 3. The lowest BCUT2D eigenvalue weighted by Crippen LogP contribution is -2.02. The minimum atomic E-state index is -0.180. The van der Waals surface area contributed by atoms with Gasteiger partial charge in [-0.3, -0.25) is 4.57 Å². The summed E-state index contributed by atoms with van der Waals surface area (Å²) in [5, 5.41) is 18.5. The van der Waals surface area contributed by atoms with Gasteiger partial charge in [0, 0.05) is 17.1 Å². The van der Waals surface area contributed by atoms with E-state index in [1.807, 2.05) is 35.8 Å². The van der Waals surface area contributed by atoms with Gasteiger partial charge in [-0.1, -0.05) is 29.4 Å². The van der Waals surface area contributed by atoms with Crippen molar-refractivity contribution in [3.8, 4) is 17.5 Å². The number of thioether (sulfide) groups is 1. The van der Waals surface area contributed by atoms with Crippen LogP contribution >= 0.6 is 23.4 Å². The molecule has 20 heavy (non-hydrogen) atoms. The predicted molar refractivity (Wildman–Crippen MR) is 81.6 cm³/mol. The largest absolute Gasteiger partial charge is 0.298 e. The first kappa shape index (κ1) is 14.6. The Balaban J connectivity index is 2.41. The summed E-state index contributed by atoms with van der Waals surface area (Å²) in [6.45, 7) is 6.17.